The molecule has 1 N–H and O–H groups in total. The van der Waals surface area contributed by atoms with Gasteiger partial charge >= 0.3 is 6.03 Å². The van der Waals surface area contributed by atoms with Crippen LogP contribution in [0.4, 0.5) is 19.3 Å². The predicted molar refractivity (Wildman–Crippen MR) is 118 cm³/mol. The predicted octanol–water partition coefficient (Wildman–Crippen LogP) is 4.27. The Morgan fingerprint density at radius 2 is 1.76 bits per heavy atom. The van der Waals surface area contributed by atoms with E-state index >= 15 is 0 Å². The Morgan fingerprint density at radius 3 is 2.42 bits per heavy atom. The van der Waals surface area contributed by atoms with Crippen LogP contribution in [0.5, 0.6) is 0 Å². The molecular weight excluding hydrogens is 432 g/mol. The minimum Gasteiger partial charge on any atom is -0.467 e. The average molecular weight is 457 g/mol. The summed E-state index contributed by atoms with van der Waals surface area (Å²) < 4.78 is 37.1. The molecule has 0 saturated heterocycles. The molecule has 33 heavy (non-hydrogen) atoms. The fraction of sp³-hybridized carbons (Fsp3) is 0.250. The van der Waals surface area contributed by atoms with E-state index in [-0.39, 0.29) is 37.8 Å². The summed E-state index contributed by atoms with van der Waals surface area (Å²) in [5, 5.41) is 2.49. The Labute approximate surface area is 190 Å². The molecule has 174 valence electrons. The summed E-state index contributed by atoms with van der Waals surface area (Å²) in [6.45, 7) is 0.617. The molecule has 3 rings (SSSR count). The maximum atomic E-state index is 13.5. The third-order valence-electron chi connectivity index (χ3n) is 4.85. The van der Waals surface area contributed by atoms with Crippen LogP contribution >= 0.6 is 0 Å². The van der Waals surface area contributed by atoms with Crippen LogP contribution in [-0.2, 0) is 22.6 Å². The van der Waals surface area contributed by atoms with Gasteiger partial charge in [0.2, 0.25) is 5.91 Å². The quantitative estimate of drug-likeness (QED) is 0.494. The van der Waals surface area contributed by atoms with Crippen molar-refractivity contribution in [1.82, 2.24) is 9.80 Å². The third kappa shape index (κ3) is 7.15. The van der Waals surface area contributed by atoms with Crippen molar-refractivity contribution in [1.29, 1.82) is 0 Å². The van der Waals surface area contributed by atoms with Gasteiger partial charge < -0.3 is 24.3 Å². The van der Waals surface area contributed by atoms with Gasteiger partial charge in [-0.25, -0.2) is 13.6 Å². The number of methoxy groups -OCH3 is 1. The number of nitrogens with zero attached hydrogens (tertiary/aromatic N) is 2. The molecule has 3 amide bonds. The van der Waals surface area contributed by atoms with Gasteiger partial charge in [0.1, 0.15) is 12.3 Å². The van der Waals surface area contributed by atoms with Gasteiger partial charge in [-0.3, -0.25) is 4.79 Å². The summed E-state index contributed by atoms with van der Waals surface area (Å²) in [5.41, 5.74) is 0.998. The van der Waals surface area contributed by atoms with Crippen molar-refractivity contribution in [3.05, 3.63) is 89.9 Å². The molecule has 3 aromatic rings. The second kappa shape index (κ2) is 11.8. The maximum absolute atomic E-state index is 13.5. The van der Waals surface area contributed by atoms with Gasteiger partial charge in [0.05, 0.1) is 19.4 Å². The number of rotatable bonds is 10. The minimum atomic E-state index is -1.08. The van der Waals surface area contributed by atoms with E-state index in [9.17, 15) is 18.4 Å². The number of carbonyl (C=O) groups is 2. The van der Waals surface area contributed by atoms with Gasteiger partial charge in [-0.05, 0) is 29.8 Å². The third-order valence-corrected chi connectivity index (χ3v) is 4.85. The van der Waals surface area contributed by atoms with Gasteiger partial charge in [0, 0.05) is 32.0 Å². The lowest BCUT2D eigenvalue weighted by atomic mass is 10.2. The van der Waals surface area contributed by atoms with Gasteiger partial charge in [-0.1, -0.05) is 30.3 Å². The number of ether oxygens (including phenoxy) is 1. The van der Waals surface area contributed by atoms with E-state index in [2.05, 4.69) is 5.32 Å². The molecule has 0 fully saturated rings. The van der Waals surface area contributed by atoms with E-state index in [0.29, 0.717) is 12.3 Å². The number of halogens is 2. The molecule has 0 radical (unpaired) electrons. The highest BCUT2D eigenvalue weighted by atomic mass is 19.2. The van der Waals surface area contributed by atoms with Crippen LogP contribution < -0.4 is 5.32 Å². The smallest absolute Gasteiger partial charge is 0.322 e. The second-order valence-electron chi connectivity index (χ2n) is 7.29. The molecule has 1 aromatic heterocycles. The number of furan rings is 1. The molecular formula is C24H25F2N3O4. The molecule has 0 saturated carbocycles. The summed E-state index contributed by atoms with van der Waals surface area (Å²) in [7, 11) is 1.48. The van der Waals surface area contributed by atoms with Crippen molar-refractivity contribution in [2.24, 2.45) is 0 Å². The van der Waals surface area contributed by atoms with Crippen LogP contribution in [0.15, 0.2) is 71.3 Å². The monoisotopic (exact) mass is 457 g/mol. The van der Waals surface area contributed by atoms with Crippen molar-refractivity contribution in [3.8, 4) is 0 Å². The standard InChI is InChI=1S/C24H25F2N3O4/c1-32-13-11-28(24(31)27-19-9-10-21(25)22(26)14-19)17-23(30)29(16-20-8-5-12-33-20)15-18-6-3-2-4-7-18/h2-10,12,14H,11,13,15-17H2,1H3,(H,27,31). The number of nitrogens with one attached hydrogen (secondary N) is 1. The second-order valence-corrected chi connectivity index (χ2v) is 7.29. The van der Waals surface area contributed by atoms with Gasteiger partial charge in [0.25, 0.3) is 0 Å². The molecule has 0 spiro atoms. The normalized spacial score (nSPS) is 10.6. The van der Waals surface area contributed by atoms with Crippen molar-refractivity contribution >= 4 is 17.6 Å². The average Bonchev–Trinajstić information content (AvgIpc) is 3.32. The molecule has 0 unspecified atom stereocenters. The Kier molecular flexibility index (Phi) is 8.54. The SMILES string of the molecule is COCCN(CC(=O)N(Cc1ccccc1)Cc1ccco1)C(=O)Nc1ccc(F)c(F)c1. The van der Waals surface area contributed by atoms with Crippen molar-refractivity contribution < 1.29 is 27.5 Å². The summed E-state index contributed by atoms with van der Waals surface area (Å²) in [5.74, 6) is -1.81. The Bertz CT molecular complexity index is 1050. The first-order valence-corrected chi connectivity index (χ1v) is 10.3. The highest BCUT2D eigenvalue weighted by molar-refractivity contribution is 5.92. The van der Waals surface area contributed by atoms with E-state index in [4.69, 9.17) is 9.15 Å². The lowest BCUT2D eigenvalue weighted by molar-refractivity contribution is -0.133. The number of hydrogen-bond donors (Lipinski definition) is 1. The first kappa shape index (κ1) is 23.9. The van der Waals surface area contributed by atoms with Crippen LogP contribution in [0.25, 0.3) is 0 Å². The van der Waals surface area contributed by atoms with Gasteiger partial charge in [0.15, 0.2) is 11.6 Å². The largest absolute Gasteiger partial charge is 0.467 e. The molecule has 1 heterocycles. The number of urea groups is 1. The lowest BCUT2D eigenvalue weighted by Gasteiger charge is -2.27. The molecule has 0 atom stereocenters. The van der Waals surface area contributed by atoms with Crippen LogP contribution in [0, 0.1) is 11.6 Å². The summed E-state index contributed by atoms with van der Waals surface area (Å²) >= 11 is 0. The van der Waals surface area contributed by atoms with Crippen LogP contribution in [0.3, 0.4) is 0 Å². The molecule has 0 bridgehead atoms. The van der Waals surface area contributed by atoms with Gasteiger partial charge in [-0.2, -0.15) is 0 Å². The molecule has 7 nitrogen and oxygen atoms in total. The highest BCUT2D eigenvalue weighted by Gasteiger charge is 2.23. The molecule has 0 aliphatic carbocycles. The van der Waals surface area contributed by atoms with E-state index in [1.54, 1.807) is 17.0 Å². The Morgan fingerprint density at radius 1 is 0.970 bits per heavy atom. The lowest BCUT2D eigenvalue weighted by Crippen LogP contribution is -2.45. The van der Waals surface area contributed by atoms with Crippen molar-refractivity contribution in [2.45, 2.75) is 13.1 Å². The summed E-state index contributed by atoms with van der Waals surface area (Å²) in [4.78, 5) is 28.9. The number of carbonyl (C=O) groups excluding carboxylic acids is 2. The van der Waals surface area contributed by atoms with E-state index in [0.717, 1.165) is 17.7 Å². The molecule has 0 aliphatic rings. The van der Waals surface area contributed by atoms with Crippen LogP contribution in [0.1, 0.15) is 11.3 Å². The number of hydrogen-bond acceptors (Lipinski definition) is 4. The minimum absolute atomic E-state index is 0.0745. The topological polar surface area (TPSA) is 75.0 Å². The first-order chi connectivity index (χ1) is 16.0. The van der Waals surface area contributed by atoms with E-state index < -0.39 is 17.7 Å². The molecule has 0 aliphatic heterocycles. The number of anilines is 1. The fourth-order valence-electron chi connectivity index (χ4n) is 3.12. The Balaban J connectivity index is 1.74. The van der Waals surface area contributed by atoms with Crippen molar-refractivity contribution in [3.63, 3.8) is 0 Å². The zero-order valence-electron chi connectivity index (χ0n) is 18.2. The highest BCUT2D eigenvalue weighted by Crippen LogP contribution is 2.15. The van der Waals surface area contributed by atoms with E-state index in [1.165, 1.54) is 24.3 Å². The fourth-order valence-corrected chi connectivity index (χ4v) is 3.12. The number of amides is 3. The zero-order chi connectivity index (χ0) is 23.6. The number of benzene rings is 2. The van der Waals surface area contributed by atoms with Crippen molar-refractivity contribution in [2.75, 3.05) is 32.1 Å². The Hall–Kier alpha value is -3.72. The first-order valence-electron chi connectivity index (χ1n) is 10.3. The van der Waals surface area contributed by atoms with E-state index in [1.807, 2.05) is 30.3 Å². The maximum Gasteiger partial charge on any atom is 0.322 e. The van der Waals surface area contributed by atoms with Gasteiger partial charge in [-0.15, -0.1) is 0 Å². The molecule has 9 heteroatoms. The van der Waals surface area contributed by atoms with Crippen LogP contribution in [0.2, 0.25) is 0 Å². The summed E-state index contributed by atoms with van der Waals surface area (Å²) in [6.07, 6.45) is 1.53. The summed E-state index contributed by atoms with van der Waals surface area (Å²) in [6, 6.07) is 15.4. The molecule has 2 aromatic carbocycles. The van der Waals surface area contributed by atoms with Crippen LogP contribution in [-0.4, -0.2) is 48.5 Å². The zero-order valence-corrected chi connectivity index (χ0v) is 18.2.